The second-order valence-corrected chi connectivity index (χ2v) is 2.60. The summed E-state index contributed by atoms with van der Waals surface area (Å²) < 4.78 is 4.65. The van der Waals surface area contributed by atoms with Crippen LogP contribution in [0.4, 0.5) is 0 Å². The van der Waals surface area contributed by atoms with Crippen molar-refractivity contribution in [3.05, 3.63) is 0 Å². The number of carboxylic acid groups (broad SMARTS) is 1. The topological polar surface area (TPSA) is 107 Å². The van der Waals surface area contributed by atoms with Crippen molar-refractivity contribution < 1.29 is 30.0 Å². The molecular weight excluding hydrogens is 168 g/mol. The largest absolute Gasteiger partial charge is 0.479 e. The Bertz CT molecular complexity index is 181. The number of hydrogen-bond acceptors (Lipinski definition) is 5. The van der Waals surface area contributed by atoms with Gasteiger partial charge in [0.1, 0.15) is 18.3 Å². The van der Waals surface area contributed by atoms with Gasteiger partial charge in [0.2, 0.25) is 0 Å². The van der Waals surface area contributed by atoms with E-state index in [1.54, 1.807) is 0 Å². The molecule has 0 aliphatic carbocycles. The van der Waals surface area contributed by atoms with Crippen molar-refractivity contribution in [2.24, 2.45) is 0 Å². The van der Waals surface area contributed by atoms with Crippen LogP contribution in [0, 0.1) is 0 Å². The van der Waals surface area contributed by atoms with Gasteiger partial charge >= 0.3 is 5.97 Å². The molecule has 1 rings (SSSR count). The van der Waals surface area contributed by atoms with Crippen molar-refractivity contribution in [2.75, 3.05) is 6.61 Å². The summed E-state index contributed by atoms with van der Waals surface area (Å²) in [4.78, 5) is 10.3. The molecule has 1 aliphatic heterocycles. The van der Waals surface area contributed by atoms with Gasteiger partial charge in [-0.1, -0.05) is 0 Å². The summed E-state index contributed by atoms with van der Waals surface area (Å²) in [6.07, 6.45) is -5.27. The van der Waals surface area contributed by atoms with Crippen molar-refractivity contribution in [1.29, 1.82) is 0 Å². The van der Waals surface area contributed by atoms with Crippen LogP contribution in [-0.2, 0) is 9.53 Å². The van der Waals surface area contributed by atoms with E-state index in [1.165, 1.54) is 0 Å². The second-order valence-electron chi connectivity index (χ2n) is 2.60. The molecule has 4 N–H and O–H groups in total. The van der Waals surface area contributed by atoms with E-state index in [4.69, 9.17) is 20.4 Å². The number of aliphatic carboxylic acids is 1. The Morgan fingerprint density at radius 2 is 1.92 bits per heavy atom. The zero-order chi connectivity index (χ0) is 9.30. The summed E-state index contributed by atoms with van der Waals surface area (Å²) >= 11 is 0. The maximum absolute atomic E-state index is 10.3. The van der Waals surface area contributed by atoms with Crippen LogP contribution in [-0.4, -0.2) is 57.4 Å². The molecule has 0 bridgehead atoms. The molecule has 0 aromatic rings. The van der Waals surface area contributed by atoms with Crippen molar-refractivity contribution in [1.82, 2.24) is 0 Å². The minimum Gasteiger partial charge on any atom is -0.479 e. The number of rotatable bonds is 2. The molecule has 1 fully saturated rings. The predicted molar refractivity (Wildman–Crippen MR) is 35.4 cm³/mol. The van der Waals surface area contributed by atoms with Crippen LogP contribution in [0.1, 0.15) is 0 Å². The standard InChI is InChI=1S/C6H10O6/c7-1-2-3(8)4(9)5(12-2)6(10)11/h2-5,7-9H,1H2,(H,10,11)/t2-,3-,4-,5?/m1/s1. The van der Waals surface area contributed by atoms with Crippen molar-refractivity contribution in [3.8, 4) is 0 Å². The summed E-state index contributed by atoms with van der Waals surface area (Å²) in [5, 5.41) is 35.1. The van der Waals surface area contributed by atoms with E-state index in [2.05, 4.69) is 4.74 Å². The van der Waals surface area contributed by atoms with Gasteiger partial charge in [0.15, 0.2) is 6.10 Å². The second kappa shape index (κ2) is 3.36. The summed E-state index contributed by atoms with van der Waals surface area (Å²) in [6, 6.07) is 0. The molecule has 70 valence electrons. The molecule has 0 saturated carbocycles. The average Bonchev–Trinajstić information content (AvgIpc) is 2.30. The quantitative estimate of drug-likeness (QED) is 0.374. The number of hydrogen-bond donors (Lipinski definition) is 4. The zero-order valence-electron chi connectivity index (χ0n) is 6.12. The lowest BCUT2D eigenvalue weighted by Gasteiger charge is -2.10. The lowest BCUT2D eigenvalue weighted by atomic mass is 10.1. The first kappa shape index (κ1) is 9.40. The van der Waals surface area contributed by atoms with Gasteiger partial charge < -0.3 is 25.2 Å². The van der Waals surface area contributed by atoms with Gasteiger partial charge in [-0.2, -0.15) is 0 Å². The Kier molecular flexibility index (Phi) is 2.63. The van der Waals surface area contributed by atoms with Crippen molar-refractivity contribution >= 4 is 5.97 Å². The predicted octanol–water partition coefficient (Wildman–Crippen LogP) is -2.45. The maximum atomic E-state index is 10.3. The number of ether oxygens (including phenoxy) is 1. The molecule has 1 saturated heterocycles. The van der Waals surface area contributed by atoms with E-state index in [0.717, 1.165) is 0 Å². The minimum absolute atomic E-state index is 0.512. The maximum Gasteiger partial charge on any atom is 0.335 e. The smallest absolute Gasteiger partial charge is 0.335 e. The van der Waals surface area contributed by atoms with E-state index in [1.807, 2.05) is 0 Å². The lowest BCUT2D eigenvalue weighted by molar-refractivity contribution is -0.153. The highest BCUT2D eigenvalue weighted by atomic mass is 16.6. The number of aliphatic hydroxyl groups excluding tert-OH is 3. The third-order valence-electron chi connectivity index (χ3n) is 1.79. The van der Waals surface area contributed by atoms with Gasteiger partial charge in [0, 0.05) is 0 Å². The molecule has 0 amide bonds. The first-order chi connectivity index (χ1) is 5.57. The summed E-state index contributed by atoms with van der Waals surface area (Å²) in [5.74, 6) is -1.35. The highest BCUT2D eigenvalue weighted by Gasteiger charge is 2.45. The van der Waals surface area contributed by atoms with Gasteiger partial charge in [-0.3, -0.25) is 0 Å². The van der Waals surface area contributed by atoms with E-state index < -0.39 is 37.0 Å². The molecule has 0 aromatic carbocycles. The summed E-state index contributed by atoms with van der Waals surface area (Å²) in [5.41, 5.74) is 0. The van der Waals surface area contributed by atoms with Gasteiger partial charge in [-0.25, -0.2) is 4.79 Å². The fraction of sp³-hybridized carbons (Fsp3) is 0.833. The fourth-order valence-corrected chi connectivity index (χ4v) is 1.10. The molecule has 0 radical (unpaired) electrons. The van der Waals surface area contributed by atoms with E-state index in [-0.39, 0.29) is 0 Å². The normalized spacial score (nSPS) is 41.6. The van der Waals surface area contributed by atoms with Crippen LogP contribution < -0.4 is 0 Å². The van der Waals surface area contributed by atoms with Crippen LogP contribution in [0.3, 0.4) is 0 Å². The summed E-state index contributed by atoms with van der Waals surface area (Å²) in [6.45, 7) is -0.512. The first-order valence-electron chi connectivity index (χ1n) is 3.43. The van der Waals surface area contributed by atoms with Gasteiger partial charge in [0.05, 0.1) is 6.61 Å². The Morgan fingerprint density at radius 3 is 2.17 bits per heavy atom. The Labute approximate surface area is 68.0 Å². The number of carboxylic acids is 1. The van der Waals surface area contributed by atoms with Crippen molar-refractivity contribution in [2.45, 2.75) is 24.4 Å². The average molecular weight is 178 g/mol. The Balaban J connectivity index is 2.66. The Hall–Kier alpha value is -0.690. The molecule has 0 spiro atoms. The molecule has 1 unspecified atom stereocenters. The molecular formula is C6H10O6. The fourth-order valence-electron chi connectivity index (χ4n) is 1.10. The zero-order valence-corrected chi connectivity index (χ0v) is 6.12. The first-order valence-corrected chi connectivity index (χ1v) is 3.43. The van der Waals surface area contributed by atoms with E-state index >= 15 is 0 Å². The SMILES string of the molecule is O=C(O)C1O[C@H](CO)[C@@H](O)[C@H]1O. The van der Waals surface area contributed by atoms with Crippen molar-refractivity contribution in [3.63, 3.8) is 0 Å². The van der Waals surface area contributed by atoms with E-state index in [0.29, 0.717) is 0 Å². The molecule has 1 aliphatic rings. The molecule has 12 heavy (non-hydrogen) atoms. The molecule has 0 aromatic heterocycles. The monoisotopic (exact) mass is 178 g/mol. The Morgan fingerprint density at radius 1 is 1.33 bits per heavy atom. The van der Waals surface area contributed by atoms with Crippen LogP contribution >= 0.6 is 0 Å². The van der Waals surface area contributed by atoms with Gasteiger partial charge in [-0.05, 0) is 0 Å². The highest BCUT2D eigenvalue weighted by Crippen LogP contribution is 2.20. The molecule has 6 nitrogen and oxygen atoms in total. The third-order valence-corrected chi connectivity index (χ3v) is 1.79. The van der Waals surface area contributed by atoms with E-state index in [9.17, 15) is 4.79 Å². The van der Waals surface area contributed by atoms with Crippen LogP contribution in [0.2, 0.25) is 0 Å². The number of aliphatic hydroxyl groups is 3. The van der Waals surface area contributed by atoms with Gasteiger partial charge in [0.25, 0.3) is 0 Å². The highest BCUT2D eigenvalue weighted by molar-refractivity contribution is 5.73. The van der Waals surface area contributed by atoms with Crippen LogP contribution in [0.5, 0.6) is 0 Å². The summed E-state index contributed by atoms with van der Waals surface area (Å²) in [7, 11) is 0. The molecule has 1 heterocycles. The third kappa shape index (κ3) is 1.42. The molecule has 6 heteroatoms. The van der Waals surface area contributed by atoms with Crippen LogP contribution in [0.25, 0.3) is 0 Å². The molecule has 4 atom stereocenters. The number of carbonyl (C=O) groups is 1. The minimum atomic E-state index is -1.47. The van der Waals surface area contributed by atoms with Gasteiger partial charge in [-0.15, -0.1) is 0 Å². The lowest BCUT2D eigenvalue weighted by Crippen LogP contribution is -2.36. The van der Waals surface area contributed by atoms with Crippen LogP contribution in [0.15, 0.2) is 0 Å².